The first-order chi connectivity index (χ1) is 9.04. The summed E-state index contributed by atoms with van der Waals surface area (Å²) < 4.78 is 5.11. The molecule has 1 aliphatic rings. The van der Waals surface area contributed by atoms with Gasteiger partial charge in [-0.2, -0.15) is 0 Å². The zero-order valence-corrected chi connectivity index (χ0v) is 11.8. The molecule has 0 atom stereocenters. The van der Waals surface area contributed by atoms with E-state index in [0.29, 0.717) is 38.5 Å². The lowest BCUT2D eigenvalue weighted by molar-refractivity contribution is -0.526. The van der Waals surface area contributed by atoms with E-state index in [1.165, 1.54) is 0 Å². The van der Waals surface area contributed by atoms with Crippen molar-refractivity contribution >= 4 is 5.97 Å². The van der Waals surface area contributed by atoms with Gasteiger partial charge < -0.3 is 9.64 Å². The summed E-state index contributed by atoms with van der Waals surface area (Å²) in [5, 5.41) is 10.7. The molecule has 1 fully saturated rings. The van der Waals surface area contributed by atoms with Gasteiger partial charge in [0.1, 0.15) is 6.61 Å². The van der Waals surface area contributed by atoms with Gasteiger partial charge in [-0.05, 0) is 26.3 Å². The molecule has 0 aromatic rings. The predicted molar refractivity (Wildman–Crippen MR) is 71.5 cm³/mol. The number of rotatable bonds is 7. The molecular formula is C13H24N2O4. The SMILES string of the molecule is CCCC(=O)OCCN(C)C1CCC([N+](=O)[O-])CC1. The zero-order valence-electron chi connectivity index (χ0n) is 11.8. The number of esters is 1. The molecule has 0 radical (unpaired) electrons. The first-order valence-corrected chi connectivity index (χ1v) is 7.04. The van der Waals surface area contributed by atoms with Crippen LogP contribution < -0.4 is 0 Å². The normalized spacial score (nSPS) is 23.3. The number of nitrogens with zero attached hydrogens (tertiary/aromatic N) is 2. The maximum absolute atomic E-state index is 11.2. The lowest BCUT2D eigenvalue weighted by Gasteiger charge is -2.31. The molecular weight excluding hydrogens is 248 g/mol. The highest BCUT2D eigenvalue weighted by Gasteiger charge is 2.29. The first-order valence-electron chi connectivity index (χ1n) is 7.04. The van der Waals surface area contributed by atoms with Crippen LogP contribution in [0.2, 0.25) is 0 Å². The number of likely N-dealkylation sites (N-methyl/N-ethyl adjacent to an activating group) is 1. The topological polar surface area (TPSA) is 72.7 Å². The smallest absolute Gasteiger partial charge is 0.305 e. The Bertz CT molecular complexity index is 301. The molecule has 0 aliphatic heterocycles. The second-order valence-corrected chi connectivity index (χ2v) is 5.20. The molecule has 1 saturated carbocycles. The number of carbonyl (C=O) groups is 1. The van der Waals surface area contributed by atoms with Crippen molar-refractivity contribution < 1.29 is 14.5 Å². The van der Waals surface area contributed by atoms with E-state index < -0.39 is 0 Å². The van der Waals surface area contributed by atoms with Gasteiger partial charge >= 0.3 is 5.97 Å². The van der Waals surface area contributed by atoms with Crippen molar-refractivity contribution in [3.8, 4) is 0 Å². The van der Waals surface area contributed by atoms with Crippen LogP contribution in [0.4, 0.5) is 0 Å². The summed E-state index contributed by atoms with van der Waals surface area (Å²) in [4.78, 5) is 23.9. The van der Waals surface area contributed by atoms with Crippen LogP contribution >= 0.6 is 0 Å². The maximum Gasteiger partial charge on any atom is 0.305 e. The Morgan fingerprint density at radius 2 is 2.00 bits per heavy atom. The van der Waals surface area contributed by atoms with Crippen LogP contribution in [0.3, 0.4) is 0 Å². The summed E-state index contributed by atoms with van der Waals surface area (Å²) in [7, 11) is 1.99. The van der Waals surface area contributed by atoms with Crippen LogP contribution in [0.15, 0.2) is 0 Å². The number of carbonyl (C=O) groups excluding carboxylic acids is 1. The van der Waals surface area contributed by atoms with E-state index in [0.717, 1.165) is 19.3 Å². The Balaban J connectivity index is 2.19. The third-order valence-electron chi connectivity index (χ3n) is 3.75. The molecule has 19 heavy (non-hydrogen) atoms. The highest BCUT2D eigenvalue weighted by molar-refractivity contribution is 5.69. The van der Waals surface area contributed by atoms with Crippen molar-refractivity contribution in [2.45, 2.75) is 57.5 Å². The van der Waals surface area contributed by atoms with Gasteiger partial charge in [-0.15, -0.1) is 0 Å². The van der Waals surface area contributed by atoms with Crippen molar-refractivity contribution in [2.24, 2.45) is 0 Å². The van der Waals surface area contributed by atoms with Crippen LogP contribution in [0.5, 0.6) is 0 Å². The summed E-state index contributed by atoms with van der Waals surface area (Å²) >= 11 is 0. The van der Waals surface area contributed by atoms with Gasteiger partial charge in [0.2, 0.25) is 6.04 Å². The predicted octanol–water partition coefficient (Wildman–Crippen LogP) is 1.85. The average Bonchev–Trinajstić information content (AvgIpc) is 2.39. The standard InChI is InChI=1S/C13H24N2O4/c1-3-4-13(16)19-10-9-14(2)11-5-7-12(8-6-11)15(17)18/h11-12H,3-10H2,1-2H3. The minimum absolute atomic E-state index is 0.145. The monoisotopic (exact) mass is 272 g/mol. The molecule has 110 valence electrons. The minimum Gasteiger partial charge on any atom is -0.464 e. The van der Waals surface area contributed by atoms with Crippen LogP contribution in [-0.4, -0.2) is 48.1 Å². The Hall–Kier alpha value is -1.17. The lowest BCUT2D eigenvalue weighted by Crippen LogP contribution is -2.39. The van der Waals surface area contributed by atoms with E-state index in [1.807, 2.05) is 14.0 Å². The molecule has 1 aliphatic carbocycles. The first kappa shape index (κ1) is 15.9. The molecule has 0 aromatic carbocycles. The van der Waals surface area contributed by atoms with Gasteiger partial charge in [0.05, 0.1) is 0 Å². The molecule has 6 nitrogen and oxygen atoms in total. The third kappa shape index (κ3) is 5.55. The highest BCUT2D eigenvalue weighted by atomic mass is 16.6. The molecule has 0 aromatic heterocycles. The quantitative estimate of drug-likeness (QED) is 0.402. The van der Waals surface area contributed by atoms with Crippen molar-refractivity contribution in [1.82, 2.24) is 4.90 Å². The van der Waals surface area contributed by atoms with E-state index >= 15 is 0 Å². The van der Waals surface area contributed by atoms with Crippen LogP contribution in [-0.2, 0) is 9.53 Å². The largest absolute Gasteiger partial charge is 0.464 e. The number of nitro groups is 1. The molecule has 0 unspecified atom stereocenters. The molecule has 0 amide bonds. The molecule has 1 rings (SSSR count). The third-order valence-corrected chi connectivity index (χ3v) is 3.75. The van der Waals surface area contributed by atoms with E-state index in [2.05, 4.69) is 4.90 Å². The zero-order chi connectivity index (χ0) is 14.3. The van der Waals surface area contributed by atoms with E-state index in [9.17, 15) is 14.9 Å². The van der Waals surface area contributed by atoms with Crippen molar-refractivity contribution in [1.29, 1.82) is 0 Å². The van der Waals surface area contributed by atoms with Gasteiger partial charge in [-0.25, -0.2) is 0 Å². The molecule has 0 bridgehead atoms. The van der Waals surface area contributed by atoms with Gasteiger partial charge in [-0.3, -0.25) is 14.9 Å². The Morgan fingerprint density at radius 3 is 2.53 bits per heavy atom. The number of ether oxygens (including phenoxy) is 1. The van der Waals surface area contributed by atoms with Gasteiger partial charge in [-0.1, -0.05) is 6.92 Å². The second kappa shape index (κ2) is 8.09. The van der Waals surface area contributed by atoms with Crippen LogP contribution in [0, 0.1) is 10.1 Å². The summed E-state index contributed by atoms with van der Waals surface area (Å²) in [6, 6.07) is 0.00751. The highest BCUT2D eigenvalue weighted by Crippen LogP contribution is 2.23. The number of hydrogen-bond donors (Lipinski definition) is 0. The van der Waals surface area contributed by atoms with E-state index in [1.54, 1.807) is 0 Å². The van der Waals surface area contributed by atoms with E-state index in [4.69, 9.17) is 4.74 Å². The second-order valence-electron chi connectivity index (χ2n) is 5.20. The van der Waals surface area contributed by atoms with Crippen molar-refractivity contribution in [2.75, 3.05) is 20.2 Å². The van der Waals surface area contributed by atoms with Crippen LogP contribution in [0.25, 0.3) is 0 Å². The molecule has 6 heteroatoms. The van der Waals surface area contributed by atoms with Gasteiger partial charge in [0.25, 0.3) is 0 Å². The fourth-order valence-electron chi connectivity index (χ4n) is 2.47. The fourth-order valence-corrected chi connectivity index (χ4v) is 2.47. The summed E-state index contributed by atoms with van der Waals surface area (Å²) in [6.45, 7) is 3.05. The average molecular weight is 272 g/mol. The maximum atomic E-state index is 11.2. The molecule has 0 heterocycles. The lowest BCUT2D eigenvalue weighted by atomic mass is 9.91. The fraction of sp³-hybridized carbons (Fsp3) is 0.923. The van der Waals surface area contributed by atoms with Crippen molar-refractivity contribution in [3.63, 3.8) is 0 Å². The minimum atomic E-state index is -0.368. The Labute approximate surface area is 114 Å². The van der Waals surface area contributed by atoms with Crippen molar-refractivity contribution in [3.05, 3.63) is 10.1 Å². The Kier molecular flexibility index (Phi) is 6.77. The number of hydrogen-bond acceptors (Lipinski definition) is 5. The van der Waals surface area contributed by atoms with Crippen LogP contribution in [0.1, 0.15) is 45.4 Å². The summed E-state index contributed by atoms with van der Waals surface area (Å²) in [6.07, 6.45) is 4.28. The molecule has 0 saturated heterocycles. The summed E-state index contributed by atoms with van der Waals surface area (Å²) in [5.41, 5.74) is 0. The van der Waals surface area contributed by atoms with Gasteiger partial charge in [0.15, 0.2) is 0 Å². The van der Waals surface area contributed by atoms with E-state index in [-0.39, 0.29) is 16.9 Å². The van der Waals surface area contributed by atoms with Gasteiger partial charge in [0, 0.05) is 36.8 Å². The molecule has 0 N–H and O–H groups in total. The summed E-state index contributed by atoms with van der Waals surface area (Å²) in [5.74, 6) is -0.145. The molecule has 0 spiro atoms. The Morgan fingerprint density at radius 1 is 1.37 bits per heavy atom.